The van der Waals surface area contributed by atoms with Crippen LogP contribution in [0.25, 0.3) is 10.8 Å². The van der Waals surface area contributed by atoms with Crippen molar-refractivity contribution in [2.75, 3.05) is 7.05 Å². The van der Waals surface area contributed by atoms with Crippen molar-refractivity contribution in [3.8, 4) is 0 Å². The van der Waals surface area contributed by atoms with E-state index in [4.69, 9.17) is 0 Å². The monoisotopic (exact) mass is 268 g/mol. The van der Waals surface area contributed by atoms with Crippen molar-refractivity contribution in [3.63, 3.8) is 0 Å². The van der Waals surface area contributed by atoms with E-state index in [0.29, 0.717) is 11.5 Å². The lowest BCUT2D eigenvalue weighted by Crippen LogP contribution is -2.36. The molecule has 0 bridgehead atoms. The molecular weight excluding hydrogens is 244 g/mol. The van der Waals surface area contributed by atoms with Crippen LogP contribution in [0.4, 0.5) is 0 Å². The molecule has 1 heterocycles. The summed E-state index contributed by atoms with van der Waals surface area (Å²) in [6.45, 7) is 2.45. The van der Waals surface area contributed by atoms with Crippen molar-refractivity contribution in [2.45, 2.75) is 45.1 Å². The molecule has 2 heteroatoms. The summed E-state index contributed by atoms with van der Waals surface area (Å²) < 4.78 is 0. The molecule has 2 nitrogen and oxygen atoms in total. The van der Waals surface area contributed by atoms with Crippen LogP contribution in [0.1, 0.15) is 50.6 Å². The molecule has 2 aromatic rings. The quantitative estimate of drug-likeness (QED) is 0.888. The molecule has 106 valence electrons. The van der Waals surface area contributed by atoms with Crippen molar-refractivity contribution in [1.82, 2.24) is 10.3 Å². The van der Waals surface area contributed by atoms with Gasteiger partial charge >= 0.3 is 0 Å². The van der Waals surface area contributed by atoms with Crippen LogP contribution in [0.5, 0.6) is 0 Å². The van der Waals surface area contributed by atoms with Crippen LogP contribution in [0.15, 0.2) is 36.7 Å². The molecule has 0 spiro atoms. The highest BCUT2D eigenvalue weighted by Gasteiger charge is 2.36. The van der Waals surface area contributed by atoms with Crippen LogP contribution >= 0.6 is 0 Å². The lowest BCUT2D eigenvalue weighted by atomic mass is 9.68. The molecule has 1 aromatic heterocycles. The van der Waals surface area contributed by atoms with E-state index in [-0.39, 0.29) is 0 Å². The summed E-state index contributed by atoms with van der Waals surface area (Å²) >= 11 is 0. The fourth-order valence-electron chi connectivity index (χ4n) is 3.92. The third-order valence-corrected chi connectivity index (χ3v) is 5.01. The predicted octanol–water partition coefficient (Wildman–Crippen LogP) is 4.47. The zero-order chi connectivity index (χ0) is 14.0. The van der Waals surface area contributed by atoms with Crippen molar-refractivity contribution in [1.29, 1.82) is 0 Å². The first kappa shape index (κ1) is 13.6. The Balaban J connectivity index is 2.07. The number of aromatic nitrogens is 1. The number of rotatable bonds is 3. The van der Waals surface area contributed by atoms with Crippen LogP contribution in [-0.4, -0.2) is 12.0 Å². The first-order valence-corrected chi connectivity index (χ1v) is 7.74. The number of pyridine rings is 1. The first-order valence-electron chi connectivity index (χ1n) is 7.74. The highest BCUT2D eigenvalue weighted by atomic mass is 14.9. The summed E-state index contributed by atoms with van der Waals surface area (Å²) in [6.07, 6.45) is 10.6. The molecule has 0 saturated heterocycles. The number of hydrogen-bond donors (Lipinski definition) is 1. The van der Waals surface area contributed by atoms with E-state index in [0.717, 1.165) is 0 Å². The molecule has 1 fully saturated rings. The Morgan fingerprint density at radius 2 is 1.95 bits per heavy atom. The van der Waals surface area contributed by atoms with Gasteiger partial charge in [-0.15, -0.1) is 0 Å². The van der Waals surface area contributed by atoms with Crippen LogP contribution < -0.4 is 5.32 Å². The summed E-state index contributed by atoms with van der Waals surface area (Å²) in [6, 6.07) is 9.14. The Labute approximate surface area is 121 Å². The largest absolute Gasteiger partial charge is 0.313 e. The first-order chi connectivity index (χ1) is 9.74. The molecule has 3 rings (SSSR count). The molecule has 1 N–H and O–H groups in total. The smallest absolute Gasteiger partial charge is 0.0378 e. The lowest BCUT2D eigenvalue weighted by molar-refractivity contribution is 0.151. The molecule has 1 unspecified atom stereocenters. The van der Waals surface area contributed by atoms with E-state index in [1.165, 1.54) is 48.4 Å². The average Bonchev–Trinajstić information content (AvgIpc) is 2.49. The predicted molar refractivity (Wildman–Crippen MR) is 84.7 cm³/mol. The summed E-state index contributed by atoms with van der Waals surface area (Å²) in [4.78, 5) is 4.33. The molecule has 0 amide bonds. The van der Waals surface area contributed by atoms with E-state index in [1.54, 1.807) is 0 Å². The summed E-state index contributed by atoms with van der Waals surface area (Å²) in [5.41, 5.74) is 1.76. The maximum absolute atomic E-state index is 4.33. The molecule has 1 aliphatic carbocycles. The van der Waals surface area contributed by atoms with Gasteiger partial charge in [-0.2, -0.15) is 0 Å². The second kappa shape index (κ2) is 5.53. The number of nitrogens with one attached hydrogen (secondary N) is 1. The second-order valence-corrected chi connectivity index (χ2v) is 6.38. The Morgan fingerprint density at radius 3 is 2.70 bits per heavy atom. The Kier molecular flexibility index (Phi) is 3.75. The maximum atomic E-state index is 4.33. The third kappa shape index (κ3) is 2.33. The van der Waals surface area contributed by atoms with Gasteiger partial charge in [0.05, 0.1) is 0 Å². The SMILES string of the molecule is CNC(c1cccc2ccncc12)C1(C)CCCCC1. The molecular formula is C18H24N2. The average molecular weight is 268 g/mol. The summed E-state index contributed by atoms with van der Waals surface area (Å²) in [7, 11) is 2.10. The van der Waals surface area contributed by atoms with Gasteiger partial charge < -0.3 is 5.32 Å². The van der Waals surface area contributed by atoms with E-state index in [9.17, 15) is 0 Å². The fourth-order valence-corrected chi connectivity index (χ4v) is 3.92. The van der Waals surface area contributed by atoms with Crippen LogP contribution in [-0.2, 0) is 0 Å². The van der Waals surface area contributed by atoms with Crippen LogP contribution in [0.3, 0.4) is 0 Å². The van der Waals surface area contributed by atoms with Gasteiger partial charge in [-0.25, -0.2) is 0 Å². The van der Waals surface area contributed by atoms with Gasteiger partial charge in [-0.05, 0) is 42.3 Å². The minimum Gasteiger partial charge on any atom is -0.313 e. The van der Waals surface area contributed by atoms with Crippen LogP contribution in [0, 0.1) is 5.41 Å². The highest BCUT2D eigenvalue weighted by molar-refractivity contribution is 5.85. The van der Waals surface area contributed by atoms with Crippen molar-refractivity contribution in [2.24, 2.45) is 5.41 Å². The Morgan fingerprint density at radius 1 is 1.15 bits per heavy atom. The molecule has 20 heavy (non-hydrogen) atoms. The maximum Gasteiger partial charge on any atom is 0.0378 e. The molecule has 1 atom stereocenters. The van der Waals surface area contributed by atoms with Gasteiger partial charge in [0.25, 0.3) is 0 Å². The molecule has 0 radical (unpaired) electrons. The topological polar surface area (TPSA) is 24.9 Å². The standard InChI is InChI=1S/C18H24N2/c1-18(10-4-3-5-11-18)17(19-2)15-8-6-7-14-9-12-20-13-16(14)15/h6-9,12-13,17,19H,3-5,10-11H2,1-2H3. The van der Waals surface area contributed by atoms with Gasteiger partial charge in [0.2, 0.25) is 0 Å². The number of benzene rings is 1. The van der Waals surface area contributed by atoms with E-state index in [1.807, 2.05) is 12.4 Å². The Bertz CT molecular complexity index is 579. The zero-order valence-electron chi connectivity index (χ0n) is 12.5. The number of nitrogens with zero attached hydrogens (tertiary/aromatic N) is 1. The number of fused-ring (bicyclic) bond motifs is 1. The van der Waals surface area contributed by atoms with Crippen molar-refractivity contribution in [3.05, 3.63) is 42.2 Å². The highest BCUT2D eigenvalue weighted by Crippen LogP contribution is 2.46. The van der Waals surface area contributed by atoms with E-state index in [2.05, 4.69) is 48.5 Å². The molecule has 1 aliphatic rings. The van der Waals surface area contributed by atoms with Gasteiger partial charge in [0.15, 0.2) is 0 Å². The van der Waals surface area contributed by atoms with Crippen molar-refractivity contribution >= 4 is 10.8 Å². The minimum atomic E-state index is 0.358. The summed E-state index contributed by atoms with van der Waals surface area (Å²) in [5.74, 6) is 0. The van der Waals surface area contributed by atoms with E-state index < -0.39 is 0 Å². The van der Waals surface area contributed by atoms with Gasteiger partial charge in [-0.1, -0.05) is 44.4 Å². The van der Waals surface area contributed by atoms with Gasteiger partial charge in [-0.3, -0.25) is 4.98 Å². The van der Waals surface area contributed by atoms with E-state index >= 15 is 0 Å². The summed E-state index contributed by atoms with van der Waals surface area (Å²) in [5, 5.41) is 6.17. The molecule has 1 saturated carbocycles. The normalized spacial score (nSPS) is 19.9. The second-order valence-electron chi connectivity index (χ2n) is 6.38. The van der Waals surface area contributed by atoms with Gasteiger partial charge in [0, 0.05) is 23.8 Å². The van der Waals surface area contributed by atoms with Gasteiger partial charge in [0.1, 0.15) is 0 Å². The number of hydrogen-bond acceptors (Lipinski definition) is 2. The molecule has 0 aliphatic heterocycles. The minimum absolute atomic E-state index is 0.358. The zero-order valence-corrected chi connectivity index (χ0v) is 12.5. The third-order valence-electron chi connectivity index (χ3n) is 5.01. The van der Waals surface area contributed by atoms with Crippen LogP contribution in [0.2, 0.25) is 0 Å². The molecule has 1 aromatic carbocycles. The Hall–Kier alpha value is -1.41. The lowest BCUT2D eigenvalue weighted by Gasteiger charge is -2.41. The fraction of sp³-hybridized carbons (Fsp3) is 0.500. The van der Waals surface area contributed by atoms with Crippen molar-refractivity contribution < 1.29 is 0 Å².